The van der Waals surface area contributed by atoms with E-state index in [0.29, 0.717) is 12.6 Å². The molecule has 1 aliphatic heterocycles. The van der Waals surface area contributed by atoms with E-state index in [1.54, 1.807) is 4.90 Å². The Morgan fingerprint density at radius 3 is 2.69 bits per heavy atom. The number of carbonyl (C=O) groups excluding carboxylic acids is 1. The van der Waals surface area contributed by atoms with E-state index in [-0.39, 0.29) is 6.09 Å². The minimum atomic E-state index is -0.150. The van der Waals surface area contributed by atoms with Gasteiger partial charge in [-0.2, -0.15) is 0 Å². The van der Waals surface area contributed by atoms with Crippen LogP contribution in [-0.2, 0) is 4.74 Å². The van der Waals surface area contributed by atoms with Crippen molar-refractivity contribution in [1.29, 1.82) is 0 Å². The van der Waals surface area contributed by atoms with E-state index < -0.39 is 0 Å². The van der Waals surface area contributed by atoms with Crippen molar-refractivity contribution >= 4 is 6.09 Å². The molecule has 74 valence electrons. The number of rotatable bonds is 2. The minimum Gasteiger partial charge on any atom is -0.447 e. The molecular weight excluding hydrogens is 166 g/mol. The lowest BCUT2D eigenvalue weighted by Gasteiger charge is -2.19. The highest BCUT2D eigenvalue weighted by Gasteiger charge is 2.32. The summed E-state index contributed by atoms with van der Waals surface area (Å²) in [5, 5.41) is 0. The molecule has 3 nitrogen and oxygen atoms in total. The first kappa shape index (κ1) is 8.85. The Morgan fingerprint density at radius 2 is 2.15 bits per heavy atom. The maximum Gasteiger partial charge on any atom is 0.409 e. The van der Waals surface area contributed by atoms with Crippen molar-refractivity contribution in [3.05, 3.63) is 0 Å². The van der Waals surface area contributed by atoms with Crippen LogP contribution in [0.1, 0.15) is 32.1 Å². The Kier molecular flexibility index (Phi) is 2.42. The van der Waals surface area contributed by atoms with Crippen molar-refractivity contribution in [2.75, 3.05) is 13.7 Å². The summed E-state index contributed by atoms with van der Waals surface area (Å²) in [5.74, 6) is 0.835. The highest BCUT2D eigenvalue weighted by molar-refractivity contribution is 5.69. The number of carbonyl (C=O) groups is 1. The summed E-state index contributed by atoms with van der Waals surface area (Å²) in [7, 11) is 1.84. The SMILES string of the molecule is CN1C(=O)OC[C@@H]1CC1CCCC1. The Labute approximate surface area is 79.0 Å². The van der Waals surface area contributed by atoms with E-state index >= 15 is 0 Å². The molecule has 2 rings (SSSR count). The zero-order valence-corrected chi connectivity index (χ0v) is 8.16. The van der Waals surface area contributed by atoms with E-state index in [0.717, 1.165) is 12.3 Å². The Bertz CT molecular complexity index is 199. The molecule has 2 aliphatic rings. The van der Waals surface area contributed by atoms with Crippen molar-refractivity contribution in [2.45, 2.75) is 38.1 Å². The largest absolute Gasteiger partial charge is 0.447 e. The van der Waals surface area contributed by atoms with Gasteiger partial charge in [0.2, 0.25) is 0 Å². The molecular formula is C10H17NO2. The van der Waals surface area contributed by atoms with Gasteiger partial charge in [0.05, 0.1) is 6.04 Å². The highest BCUT2D eigenvalue weighted by atomic mass is 16.6. The number of cyclic esters (lactones) is 1. The molecule has 1 saturated heterocycles. The van der Waals surface area contributed by atoms with Crippen LogP contribution in [-0.4, -0.2) is 30.7 Å². The summed E-state index contributed by atoms with van der Waals surface area (Å²) in [6, 6.07) is 0.343. The van der Waals surface area contributed by atoms with E-state index in [4.69, 9.17) is 4.74 Å². The number of hydrogen-bond donors (Lipinski definition) is 0. The van der Waals surface area contributed by atoms with Crippen LogP contribution in [0.5, 0.6) is 0 Å². The quantitative estimate of drug-likeness (QED) is 0.655. The van der Waals surface area contributed by atoms with Gasteiger partial charge in [-0.3, -0.25) is 0 Å². The molecule has 1 heterocycles. The van der Waals surface area contributed by atoms with Crippen molar-refractivity contribution in [2.24, 2.45) is 5.92 Å². The topological polar surface area (TPSA) is 29.5 Å². The van der Waals surface area contributed by atoms with Gasteiger partial charge in [-0.15, -0.1) is 0 Å². The summed E-state index contributed by atoms with van der Waals surface area (Å²) in [4.78, 5) is 12.8. The second kappa shape index (κ2) is 3.56. The molecule has 0 unspecified atom stereocenters. The molecule has 0 radical (unpaired) electrons. The molecule has 3 heteroatoms. The van der Waals surface area contributed by atoms with Gasteiger partial charge in [0.15, 0.2) is 0 Å². The van der Waals surface area contributed by atoms with Crippen LogP contribution >= 0.6 is 0 Å². The van der Waals surface area contributed by atoms with Gasteiger partial charge in [-0.1, -0.05) is 25.7 Å². The van der Waals surface area contributed by atoms with Crippen LogP contribution in [0.3, 0.4) is 0 Å². The first-order chi connectivity index (χ1) is 6.27. The highest BCUT2D eigenvalue weighted by Crippen LogP contribution is 2.30. The molecule has 0 bridgehead atoms. The van der Waals surface area contributed by atoms with E-state index in [9.17, 15) is 4.79 Å². The third-order valence-electron chi connectivity index (χ3n) is 3.32. The normalized spacial score (nSPS) is 29.8. The first-order valence-corrected chi connectivity index (χ1v) is 5.17. The van der Waals surface area contributed by atoms with E-state index in [1.807, 2.05) is 7.05 Å². The fourth-order valence-electron chi connectivity index (χ4n) is 2.39. The molecule has 1 amide bonds. The van der Waals surface area contributed by atoms with Gasteiger partial charge in [-0.25, -0.2) is 4.79 Å². The fourth-order valence-corrected chi connectivity index (χ4v) is 2.39. The first-order valence-electron chi connectivity index (χ1n) is 5.17. The maximum atomic E-state index is 11.1. The monoisotopic (exact) mass is 183 g/mol. The van der Waals surface area contributed by atoms with Gasteiger partial charge in [0, 0.05) is 7.05 Å². The lowest BCUT2D eigenvalue weighted by Crippen LogP contribution is -2.30. The van der Waals surface area contributed by atoms with Crippen molar-refractivity contribution in [3.8, 4) is 0 Å². The summed E-state index contributed by atoms with van der Waals surface area (Å²) in [5.41, 5.74) is 0. The lowest BCUT2D eigenvalue weighted by atomic mass is 9.99. The number of likely N-dealkylation sites (N-methyl/N-ethyl adjacent to an activating group) is 1. The zero-order chi connectivity index (χ0) is 9.26. The minimum absolute atomic E-state index is 0.150. The number of amides is 1. The van der Waals surface area contributed by atoms with Gasteiger partial charge >= 0.3 is 6.09 Å². The van der Waals surface area contributed by atoms with Crippen molar-refractivity contribution in [1.82, 2.24) is 4.90 Å². The van der Waals surface area contributed by atoms with Crippen LogP contribution in [0.25, 0.3) is 0 Å². The van der Waals surface area contributed by atoms with Crippen LogP contribution in [0.15, 0.2) is 0 Å². The third kappa shape index (κ3) is 1.79. The second-order valence-electron chi connectivity index (χ2n) is 4.23. The predicted molar refractivity (Wildman–Crippen MR) is 49.5 cm³/mol. The zero-order valence-electron chi connectivity index (χ0n) is 8.16. The van der Waals surface area contributed by atoms with Crippen LogP contribution in [0, 0.1) is 5.92 Å². The number of hydrogen-bond acceptors (Lipinski definition) is 2. The van der Waals surface area contributed by atoms with Gasteiger partial charge < -0.3 is 9.64 Å². The summed E-state index contributed by atoms with van der Waals surface area (Å²) >= 11 is 0. The molecule has 0 aromatic rings. The van der Waals surface area contributed by atoms with Gasteiger partial charge in [-0.05, 0) is 12.3 Å². The van der Waals surface area contributed by atoms with Gasteiger partial charge in [0.25, 0.3) is 0 Å². The molecule has 0 spiro atoms. The summed E-state index contributed by atoms with van der Waals surface area (Å²) < 4.78 is 4.98. The van der Waals surface area contributed by atoms with Crippen molar-refractivity contribution in [3.63, 3.8) is 0 Å². The predicted octanol–water partition coefficient (Wildman–Crippen LogP) is 2.02. The smallest absolute Gasteiger partial charge is 0.409 e. The van der Waals surface area contributed by atoms with Crippen molar-refractivity contribution < 1.29 is 9.53 Å². The molecule has 1 saturated carbocycles. The van der Waals surface area contributed by atoms with E-state index in [2.05, 4.69) is 0 Å². The van der Waals surface area contributed by atoms with Crippen LogP contribution < -0.4 is 0 Å². The number of ether oxygens (including phenoxy) is 1. The van der Waals surface area contributed by atoms with Gasteiger partial charge in [0.1, 0.15) is 6.61 Å². The Morgan fingerprint density at radius 1 is 1.46 bits per heavy atom. The van der Waals surface area contributed by atoms with Crippen LogP contribution in [0.2, 0.25) is 0 Å². The summed E-state index contributed by atoms with van der Waals surface area (Å²) in [6.07, 6.45) is 6.42. The molecule has 0 aromatic carbocycles. The third-order valence-corrected chi connectivity index (χ3v) is 3.32. The Balaban J connectivity index is 1.84. The molecule has 1 atom stereocenters. The average Bonchev–Trinajstić information content (AvgIpc) is 2.71. The average molecular weight is 183 g/mol. The maximum absolute atomic E-state index is 11.1. The molecule has 1 aliphatic carbocycles. The second-order valence-corrected chi connectivity index (χ2v) is 4.23. The molecule has 13 heavy (non-hydrogen) atoms. The van der Waals surface area contributed by atoms with E-state index in [1.165, 1.54) is 25.7 Å². The van der Waals surface area contributed by atoms with Crippen LogP contribution in [0.4, 0.5) is 4.79 Å². The Hall–Kier alpha value is -0.730. The number of nitrogens with zero attached hydrogens (tertiary/aromatic N) is 1. The lowest BCUT2D eigenvalue weighted by molar-refractivity contribution is 0.163. The molecule has 2 fully saturated rings. The molecule has 0 N–H and O–H groups in total. The molecule has 0 aromatic heterocycles. The fraction of sp³-hybridized carbons (Fsp3) is 0.900. The summed E-state index contributed by atoms with van der Waals surface area (Å²) in [6.45, 7) is 0.603. The standard InChI is InChI=1S/C10H17NO2/c1-11-9(7-13-10(11)12)6-8-4-2-3-5-8/h8-9H,2-7H2,1H3/t9-/m0/s1.